The summed E-state index contributed by atoms with van der Waals surface area (Å²) < 4.78 is 44.0. The number of ether oxygens (including phenoxy) is 7. The Morgan fingerprint density at radius 1 is 0.549 bits per heavy atom. The first-order valence-electron chi connectivity index (χ1n) is 17.2. The van der Waals surface area contributed by atoms with Gasteiger partial charge in [0, 0.05) is 0 Å². The van der Waals surface area contributed by atoms with Crippen LogP contribution >= 0.6 is 0 Å². The maximum Gasteiger partial charge on any atom is 0.224 e. The monoisotopic (exact) mass is 702 g/mol. The van der Waals surface area contributed by atoms with Crippen LogP contribution in [0.15, 0.2) is 121 Å². The van der Waals surface area contributed by atoms with E-state index in [9.17, 15) is 20.4 Å². The van der Waals surface area contributed by atoms with Crippen LogP contribution in [0, 0.1) is 0 Å². The Hall–Kier alpha value is -3.56. The highest BCUT2D eigenvalue weighted by atomic mass is 16.8. The third kappa shape index (κ3) is 9.46. The third-order valence-corrected chi connectivity index (χ3v) is 9.04. The van der Waals surface area contributed by atoms with E-state index in [2.05, 4.69) is 0 Å². The molecule has 4 aromatic carbocycles. The van der Waals surface area contributed by atoms with Gasteiger partial charge in [-0.15, -0.1) is 0 Å². The summed E-state index contributed by atoms with van der Waals surface area (Å²) in [7, 11) is 0. The van der Waals surface area contributed by atoms with Gasteiger partial charge in [-0.05, 0) is 22.3 Å². The Bertz CT molecular complexity index is 1560. The van der Waals surface area contributed by atoms with E-state index in [0.29, 0.717) is 6.61 Å². The lowest BCUT2D eigenvalue weighted by molar-refractivity contribution is -0.389. The SMILES string of the molecule is OC[C@H]1O[C@H](O[C@]2(CO)O[C@H](COCc3ccccc3)[C@@H](OCc3ccccc3)[C@@H]2OCc2ccccc2)[C@H](O)[C@@H](OCc2ccccc2)[C@@H]1O. The number of hydrogen-bond donors (Lipinski definition) is 4. The number of aliphatic hydroxyl groups is 4. The van der Waals surface area contributed by atoms with Crippen molar-refractivity contribution < 1.29 is 53.6 Å². The van der Waals surface area contributed by atoms with Crippen molar-refractivity contribution in [3.8, 4) is 0 Å². The van der Waals surface area contributed by atoms with Crippen LogP contribution in [0.2, 0.25) is 0 Å². The van der Waals surface area contributed by atoms with Crippen molar-refractivity contribution in [1.82, 2.24) is 0 Å². The van der Waals surface area contributed by atoms with Crippen molar-refractivity contribution >= 4 is 0 Å². The van der Waals surface area contributed by atoms with Crippen LogP contribution in [0.5, 0.6) is 0 Å². The van der Waals surface area contributed by atoms with Crippen LogP contribution in [0.1, 0.15) is 22.3 Å². The molecule has 0 aromatic heterocycles. The van der Waals surface area contributed by atoms with E-state index in [0.717, 1.165) is 22.3 Å². The summed E-state index contributed by atoms with van der Waals surface area (Å²) in [5.41, 5.74) is 3.56. The highest BCUT2D eigenvalue weighted by molar-refractivity contribution is 5.16. The summed E-state index contributed by atoms with van der Waals surface area (Å²) in [5.74, 6) is -1.94. The number of hydrogen-bond acceptors (Lipinski definition) is 11. The smallest absolute Gasteiger partial charge is 0.224 e. The molecule has 2 heterocycles. The third-order valence-electron chi connectivity index (χ3n) is 9.04. The molecule has 2 aliphatic rings. The average molecular weight is 703 g/mol. The minimum atomic E-state index is -1.94. The molecule has 0 amide bonds. The van der Waals surface area contributed by atoms with Crippen LogP contribution in [0.25, 0.3) is 0 Å². The molecule has 0 radical (unpaired) electrons. The van der Waals surface area contributed by atoms with Gasteiger partial charge in [0.25, 0.3) is 0 Å². The van der Waals surface area contributed by atoms with E-state index in [4.69, 9.17) is 33.2 Å². The quantitative estimate of drug-likeness (QED) is 0.128. The largest absolute Gasteiger partial charge is 0.394 e. The second-order valence-corrected chi connectivity index (χ2v) is 12.7. The molecule has 11 heteroatoms. The molecule has 9 atom stereocenters. The highest BCUT2D eigenvalue weighted by Gasteiger charge is 2.61. The van der Waals surface area contributed by atoms with Gasteiger partial charge in [-0.2, -0.15) is 0 Å². The fourth-order valence-electron chi connectivity index (χ4n) is 6.35. The predicted molar refractivity (Wildman–Crippen MR) is 185 cm³/mol. The summed E-state index contributed by atoms with van der Waals surface area (Å²) in [5, 5.41) is 43.9. The first-order chi connectivity index (χ1) is 25.0. The molecule has 2 aliphatic heterocycles. The zero-order valence-corrected chi connectivity index (χ0v) is 28.3. The van der Waals surface area contributed by atoms with Gasteiger partial charge < -0.3 is 53.6 Å². The summed E-state index contributed by atoms with van der Waals surface area (Å²) in [6.07, 6.45) is -9.50. The molecular weight excluding hydrogens is 656 g/mol. The first kappa shape index (κ1) is 37.2. The molecule has 2 fully saturated rings. The summed E-state index contributed by atoms with van der Waals surface area (Å²) in [6, 6.07) is 38.1. The summed E-state index contributed by atoms with van der Waals surface area (Å²) >= 11 is 0. The van der Waals surface area contributed by atoms with Gasteiger partial charge in [0.15, 0.2) is 6.29 Å². The van der Waals surface area contributed by atoms with Crippen molar-refractivity contribution in [2.75, 3.05) is 19.8 Å². The molecule has 0 unspecified atom stereocenters. The highest BCUT2D eigenvalue weighted by Crippen LogP contribution is 2.40. The molecule has 51 heavy (non-hydrogen) atoms. The Kier molecular flexibility index (Phi) is 13.3. The van der Waals surface area contributed by atoms with Gasteiger partial charge in [-0.1, -0.05) is 121 Å². The van der Waals surface area contributed by atoms with Gasteiger partial charge in [0.05, 0.1) is 39.6 Å². The molecule has 2 saturated heterocycles. The van der Waals surface area contributed by atoms with Gasteiger partial charge in [-0.3, -0.25) is 0 Å². The molecule has 4 N–H and O–H groups in total. The average Bonchev–Trinajstić information content (AvgIpc) is 3.47. The topological polar surface area (TPSA) is 146 Å². The molecule has 4 aromatic rings. The van der Waals surface area contributed by atoms with Crippen molar-refractivity contribution in [2.24, 2.45) is 0 Å². The van der Waals surface area contributed by atoms with Crippen molar-refractivity contribution in [3.63, 3.8) is 0 Å². The zero-order valence-electron chi connectivity index (χ0n) is 28.3. The minimum Gasteiger partial charge on any atom is -0.394 e. The molecule has 0 spiro atoms. The van der Waals surface area contributed by atoms with E-state index in [1.165, 1.54) is 0 Å². The second kappa shape index (κ2) is 18.3. The first-order valence-corrected chi connectivity index (χ1v) is 17.2. The van der Waals surface area contributed by atoms with E-state index < -0.39 is 68.0 Å². The lowest BCUT2D eigenvalue weighted by atomic mass is 9.98. The van der Waals surface area contributed by atoms with Crippen LogP contribution < -0.4 is 0 Å². The lowest BCUT2D eigenvalue weighted by Crippen LogP contribution is -2.63. The van der Waals surface area contributed by atoms with Crippen LogP contribution in [-0.2, 0) is 59.6 Å². The standard InChI is InChI=1S/C40H46O11/c41-21-32-34(43)37(47-24-30-17-9-3-10-18-30)35(44)39(49-32)51-40(27-42)38(48-25-31-19-11-4-12-20-31)36(46-23-29-15-7-2-8-16-29)33(50-40)26-45-22-28-13-5-1-6-14-28/h1-20,32-39,41-44H,21-27H2/t32-,33-,34-,35-,36-,37+,38+,39-,40+/m1/s1. The van der Waals surface area contributed by atoms with E-state index >= 15 is 0 Å². The molecule has 0 saturated carbocycles. The van der Waals surface area contributed by atoms with Gasteiger partial charge in [-0.25, -0.2) is 0 Å². The maximum atomic E-state index is 11.6. The molecule has 6 rings (SSSR count). The number of rotatable bonds is 17. The van der Waals surface area contributed by atoms with Gasteiger partial charge in [0.2, 0.25) is 5.79 Å². The normalized spacial score (nSPS) is 29.3. The fourth-order valence-corrected chi connectivity index (χ4v) is 6.35. The molecule has 11 nitrogen and oxygen atoms in total. The molecular formula is C40H46O11. The van der Waals surface area contributed by atoms with E-state index in [1.807, 2.05) is 121 Å². The minimum absolute atomic E-state index is 0.0551. The summed E-state index contributed by atoms with van der Waals surface area (Å²) in [6.45, 7) is -0.550. The van der Waals surface area contributed by atoms with Crippen molar-refractivity contribution in [1.29, 1.82) is 0 Å². The summed E-state index contributed by atoms with van der Waals surface area (Å²) in [4.78, 5) is 0. The molecule has 0 aliphatic carbocycles. The Morgan fingerprint density at radius 3 is 1.51 bits per heavy atom. The fraction of sp³-hybridized carbons (Fsp3) is 0.400. The van der Waals surface area contributed by atoms with Crippen LogP contribution in [-0.4, -0.2) is 95.1 Å². The maximum absolute atomic E-state index is 11.6. The Morgan fingerprint density at radius 2 is 1.02 bits per heavy atom. The zero-order chi connectivity index (χ0) is 35.5. The Balaban J connectivity index is 1.28. The van der Waals surface area contributed by atoms with Crippen LogP contribution in [0.3, 0.4) is 0 Å². The van der Waals surface area contributed by atoms with Crippen LogP contribution in [0.4, 0.5) is 0 Å². The van der Waals surface area contributed by atoms with Gasteiger partial charge in [0.1, 0.15) is 49.3 Å². The van der Waals surface area contributed by atoms with Crippen molar-refractivity contribution in [2.45, 2.75) is 81.2 Å². The van der Waals surface area contributed by atoms with E-state index in [-0.39, 0.29) is 26.4 Å². The molecule has 0 bridgehead atoms. The van der Waals surface area contributed by atoms with E-state index in [1.54, 1.807) is 0 Å². The number of aliphatic hydroxyl groups excluding tert-OH is 4. The Labute approximate surface area is 297 Å². The second-order valence-electron chi connectivity index (χ2n) is 12.7. The van der Waals surface area contributed by atoms with Gasteiger partial charge >= 0.3 is 0 Å². The van der Waals surface area contributed by atoms with Crippen molar-refractivity contribution in [3.05, 3.63) is 144 Å². The lowest BCUT2D eigenvalue weighted by Gasteiger charge is -2.45. The number of benzene rings is 4. The predicted octanol–water partition coefficient (Wildman–Crippen LogP) is 3.50. The molecule has 272 valence electrons.